The molecule has 3 aromatic rings. The van der Waals surface area contributed by atoms with Crippen molar-refractivity contribution >= 4 is 29.3 Å². The SMILES string of the molecule is [2H][13C]([2H])([2H])Oc1ccc(CNc2nc(N3CCC[C@H]3CC)ncc2C(=O)NCc2ncccn2)cc1Cl. The maximum atomic E-state index is 13.0. The van der Waals surface area contributed by atoms with Crippen LogP contribution in [0.25, 0.3) is 0 Å². The standard InChI is InChI=1S/C24H28ClN7O2/c1-3-17-6-4-11-32(17)24-30-14-18(23(33)29-15-21-26-9-5-10-27-21)22(31-24)28-13-16-7-8-20(34-2)19(25)12-16/h5,7-10,12,14,17H,3-4,6,11,13,15H2,1-2H3,(H,29,33)(H,28,30,31)/t17-/m1/s1/i2+1D3. The molecule has 178 valence electrons. The molecule has 0 bridgehead atoms. The molecular weight excluding hydrogens is 455 g/mol. The lowest BCUT2D eigenvalue weighted by molar-refractivity contribution is 0.0950. The largest absolute Gasteiger partial charge is 0.495 e. The lowest BCUT2D eigenvalue weighted by atomic mass is 10.2. The molecule has 1 atom stereocenters. The molecule has 0 radical (unpaired) electrons. The minimum atomic E-state index is -2.60. The molecule has 0 aliphatic carbocycles. The van der Waals surface area contributed by atoms with Gasteiger partial charge in [-0.3, -0.25) is 4.79 Å². The molecule has 0 unspecified atom stereocenters. The summed E-state index contributed by atoms with van der Waals surface area (Å²) < 4.78 is 26.7. The van der Waals surface area contributed by atoms with Crippen molar-refractivity contribution in [2.24, 2.45) is 0 Å². The molecule has 34 heavy (non-hydrogen) atoms. The number of methoxy groups -OCH3 is 1. The highest BCUT2D eigenvalue weighted by Gasteiger charge is 2.26. The van der Waals surface area contributed by atoms with Crippen molar-refractivity contribution in [3.8, 4) is 5.75 Å². The third-order valence-corrected chi connectivity index (χ3v) is 6.01. The number of nitrogens with zero attached hydrogens (tertiary/aromatic N) is 5. The fourth-order valence-corrected chi connectivity index (χ4v) is 4.18. The Kier molecular flexibility index (Phi) is 6.52. The third kappa shape index (κ3) is 5.53. The van der Waals surface area contributed by atoms with E-state index in [-0.39, 0.29) is 35.3 Å². The van der Waals surface area contributed by atoms with E-state index in [9.17, 15) is 4.79 Å². The van der Waals surface area contributed by atoms with Gasteiger partial charge in [-0.15, -0.1) is 0 Å². The van der Waals surface area contributed by atoms with Crippen LogP contribution < -0.4 is 20.3 Å². The van der Waals surface area contributed by atoms with Crippen LogP contribution in [0.5, 0.6) is 5.75 Å². The molecule has 1 aliphatic rings. The summed E-state index contributed by atoms with van der Waals surface area (Å²) in [6.45, 7) is 3.43. The van der Waals surface area contributed by atoms with Crippen LogP contribution in [-0.4, -0.2) is 45.5 Å². The third-order valence-electron chi connectivity index (χ3n) is 5.72. The van der Waals surface area contributed by atoms with Gasteiger partial charge in [0, 0.05) is 37.7 Å². The highest BCUT2D eigenvalue weighted by Crippen LogP contribution is 2.28. The molecule has 1 fully saturated rings. The maximum Gasteiger partial charge on any atom is 0.256 e. The molecule has 1 saturated heterocycles. The number of amides is 1. The number of hydrogen-bond acceptors (Lipinski definition) is 8. The van der Waals surface area contributed by atoms with E-state index in [1.165, 1.54) is 12.3 Å². The lowest BCUT2D eigenvalue weighted by Crippen LogP contribution is -2.31. The van der Waals surface area contributed by atoms with E-state index in [4.69, 9.17) is 25.4 Å². The van der Waals surface area contributed by atoms with Gasteiger partial charge in [0.15, 0.2) is 0 Å². The maximum absolute atomic E-state index is 13.0. The van der Waals surface area contributed by atoms with E-state index >= 15 is 0 Å². The number of ether oxygens (including phenoxy) is 1. The number of carbonyl (C=O) groups excluding carboxylic acids is 1. The van der Waals surface area contributed by atoms with E-state index in [2.05, 4.69) is 37.4 Å². The van der Waals surface area contributed by atoms with E-state index < -0.39 is 7.04 Å². The van der Waals surface area contributed by atoms with E-state index in [0.29, 0.717) is 23.6 Å². The van der Waals surface area contributed by atoms with Gasteiger partial charge < -0.3 is 20.3 Å². The summed E-state index contributed by atoms with van der Waals surface area (Å²) in [5.41, 5.74) is 1.03. The number of anilines is 2. The Morgan fingerprint density at radius 1 is 1.29 bits per heavy atom. The molecule has 1 aromatic carbocycles. The monoisotopic (exact) mass is 485 g/mol. The van der Waals surface area contributed by atoms with Gasteiger partial charge in [-0.2, -0.15) is 4.98 Å². The minimum absolute atomic E-state index is 0.0672. The molecule has 3 heterocycles. The average Bonchev–Trinajstić information content (AvgIpc) is 3.36. The van der Waals surface area contributed by atoms with Gasteiger partial charge in [-0.05, 0) is 43.0 Å². The molecule has 1 aliphatic heterocycles. The summed E-state index contributed by atoms with van der Waals surface area (Å²) in [6, 6.07) is 6.86. The summed E-state index contributed by atoms with van der Waals surface area (Å²) >= 11 is 6.23. The number of benzene rings is 1. The van der Waals surface area contributed by atoms with Crippen molar-refractivity contribution in [1.82, 2.24) is 25.3 Å². The molecule has 9 nitrogen and oxygen atoms in total. The first kappa shape index (κ1) is 20.0. The Morgan fingerprint density at radius 3 is 2.91 bits per heavy atom. The summed E-state index contributed by atoms with van der Waals surface area (Å²) in [7, 11) is -2.60. The number of nitrogens with one attached hydrogen (secondary N) is 2. The highest BCUT2D eigenvalue weighted by molar-refractivity contribution is 6.32. The molecule has 0 saturated carbocycles. The second kappa shape index (κ2) is 11.1. The number of rotatable bonds is 9. The zero-order valence-corrected chi connectivity index (χ0v) is 19.5. The normalized spacial score (nSPS) is 16.9. The summed E-state index contributed by atoms with van der Waals surface area (Å²) in [6.07, 6.45) is 7.86. The van der Waals surface area contributed by atoms with Gasteiger partial charge in [-0.25, -0.2) is 15.0 Å². The van der Waals surface area contributed by atoms with Crippen molar-refractivity contribution in [1.29, 1.82) is 0 Å². The number of carbonyl (C=O) groups is 1. The first-order valence-corrected chi connectivity index (χ1v) is 11.5. The Balaban J connectivity index is 1.55. The fraction of sp³-hybridized carbons (Fsp3) is 0.375. The van der Waals surface area contributed by atoms with Gasteiger partial charge in [0.05, 0.1) is 22.7 Å². The zero-order chi connectivity index (χ0) is 26.4. The smallest absolute Gasteiger partial charge is 0.256 e. The summed E-state index contributed by atoms with van der Waals surface area (Å²) in [5.74, 6) is 1.12. The highest BCUT2D eigenvalue weighted by atomic mass is 35.5. The Morgan fingerprint density at radius 2 is 2.15 bits per heavy atom. The summed E-state index contributed by atoms with van der Waals surface area (Å²) in [4.78, 5) is 32.7. The van der Waals surface area contributed by atoms with Crippen LogP contribution >= 0.6 is 11.6 Å². The van der Waals surface area contributed by atoms with E-state index in [0.717, 1.165) is 31.4 Å². The van der Waals surface area contributed by atoms with Crippen LogP contribution in [0.15, 0.2) is 42.9 Å². The Bertz CT molecular complexity index is 1230. The zero-order valence-electron chi connectivity index (χ0n) is 21.8. The predicted octanol–water partition coefficient (Wildman–Crippen LogP) is 3.85. The molecule has 2 aromatic heterocycles. The minimum Gasteiger partial charge on any atom is -0.495 e. The van der Waals surface area contributed by atoms with E-state index in [1.807, 2.05) is 0 Å². The lowest BCUT2D eigenvalue weighted by Gasteiger charge is -2.24. The van der Waals surface area contributed by atoms with Gasteiger partial charge in [0.1, 0.15) is 23.0 Å². The van der Waals surface area contributed by atoms with Gasteiger partial charge >= 0.3 is 0 Å². The van der Waals surface area contributed by atoms with Crippen LogP contribution in [-0.2, 0) is 13.1 Å². The van der Waals surface area contributed by atoms with Gasteiger partial charge in [-0.1, -0.05) is 24.6 Å². The molecule has 1 amide bonds. The topological polar surface area (TPSA) is 105 Å². The van der Waals surface area contributed by atoms with Crippen LogP contribution in [0.4, 0.5) is 11.8 Å². The quantitative estimate of drug-likeness (QED) is 0.440. The van der Waals surface area contributed by atoms with Crippen LogP contribution in [0.2, 0.25) is 5.02 Å². The molecule has 2 N–H and O–H groups in total. The molecule has 10 heteroatoms. The van der Waals surface area contributed by atoms with E-state index in [1.54, 1.807) is 30.6 Å². The van der Waals surface area contributed by atoms with Crippen molar-refractivity contribution in [2.45, 2.75) is 45.3 Å². The molecule has 4 rings (SSSR count). The summed E-state index contributed by atoms with van der Waals surface area (Å²) in [5, 5.41) is 6.20. The van der Waals surface area contributed by atoms with Crippen LogP contribution in [0.1, 0.15) is 52.0 Å². The first-order chi connectivity index (χ1) is 17.7. The first-order valence-electron chi connectivity index (χ1n) is 12.6. The number of hydrogen-bond donors (Lipinski definition) is 2. The Hall–Kier alpha value is -3.46. The second-order valence-corrected chi connectivity index (χ2v) is 8.31. The van der Waals surface area contributed by atoms with Crippen molar-refractivity contribution < 1.29 is 13.6 Å². The van der Waals surface area contributed by atoms with Crippen molar-refractivity contribution in [3.63, 3.8) is 0 Å². The Labute approximate surface area is 208 Å². The van der Waals surface area contributed by atoms with Gasteiger partial charge in [0.2, 0.25) is 5.95 Å². The molecular formula is C24H28ClN7O2. The van der Waals surface area contributed by atoms with Crippen LogP contribution in [0, 0.1) is 0 Å². The van der Waals surface area contributed by atoms with Gasteiger partial charge in [0.25, 0.3) is 5.91 Å². The van der Waals surface area contributed by atoms with Crippen molar-refractivity contribution in [3.05, 3.63) is 64.8 Å². The van der Waals surface area contributed by atoms with Crippen LogP contribution in [0.3, 0.4) is 0 Å². The second-order valence-electron chi connectivity index (χ2n) is 7.90. The number of aromatic nitrogens is 4. The number of halogens is 1. The average molecular weight is 486 g/mol. The van der Waals surface area contributed by atoms with Crippen molar-refractivity contribution in [2.75, 3.05) is 23.8 Å². The fourth-order valence-electron chi connectivity index (χ4n) is 3.93. The predicted molar refractivity (Wildman–Crippen MR) is 131 cm³/mol. The molecule has 0 spiro atoms.